The van der Waals surface area contributed by atoms with E-state index < -0.39 is 0 Å². The van der Waals surface area contributed by atoms with Crippen molar-refractivity contribution in [1.29, 1.82) is 0 Å². The van der Waals surface area contributed by atoms with Gasteiger partial charge in [0.15, 0.2) is 23.2 Å². The number of pyridine rings is 1. The molecular formula is C49H78N4O3. The largest absolute Gasteiger partial charge is 0.489 e. The number of rotatable bonds is 15. The first-order valence-corrected chi connectivity index (χ1v) is 21.2. The molecule has 312 valence electrons. The first-order chi connectivity index (χ1) is 26.8. The number of aromatic nitrogens is 1. The number of amidine groups is 1. The maximum absolute atomic E-state index is 10.1. The second-order valence-electron chi connectivity index (χ2n) is 14.3. The molecule has 0 amide bonds. The van der Waals surface area contributed by atoms with E-state index in [-0.39, 0.29) is 5.78 Å². The number of benzene rings is 1. The van der Waals surface area contributed by atoms with E-state index in [4.69, 9.17) is 19.5 Å². The number of aliphatic imine (C=N–C) groups is 1. The van der Waals surface area contributed by atoms with Crippen LogP contribution in [0.2, 0.25) is 0 Å². The van der Waals surface area contributed by atoms with Gasteiger partial charge in [-0.05, 0) is 120 Å². The van der Waals surface area contributed by atoms with Crippen LogP contribution in [0, 0.1) is 25.7 Å². The molecule has 0 spiro atoms. The fourth-order valence-corrected chi connectivity index (χ4v) is 5.01. The Hall–Kier alpha value is -4.39. The topological polar surface area (TPSA) is 76.0 Å². The quantitative estimate of drug-likeness (QED) is 0.0639. The minimum Gasteiger partial charge on any atom is -0.489 e. The Morgan fingerprint density at radius 2 is 1.68 bits per heavy atom. The van der Waals surface area contributed by atoms with Crippen molar-refractivity contribution in [3.63, 3.8) is 0 Å². The summed E-state index contributed by atoms with van der Waals surface area (Å²) >= 11 is 0. The SMILES string of the molecule is CC.CC/C=C/C(C)=O.CCC(C)C.C\C=C(/C=C\C(C)=C\CC)Oc1ccc(NC(=N/C=C/CC)c2nc3c(cc2C)OCC(C)CN3CCCC)cc1C. The lowest BCUT2D eigenvalue weighted by molar-refractivity contribution is -0.112. The van der Waals surface area contributed by atoms with Crippen LogP contribution in [-0.4, -0.2) is 36.3 Å². The molecule has 0 bridgehead atoms. The number of hydrogen-bond acceptors (Lipinski definition) is 6. The molecule has 0 aliphatic carbocycles. The van der Waals surface area contributed by atoms with Crippen molar-refractivity contribution >= 4 is 23.1 Å². The third-order valence-electron chi connectivity index (χ3n) is 8.46. The van der Waals surface area contributed by atoms with Crippen molar-refractivity contribution < 1.29 is 14.3 Å². The Morgan fingerprint density at radius 3 is 2.21 bits per heavy atom. The Balaban J connectivity index is 0.00000185. The Kier molecular flexibility index (Phi) is 28.4. The van der Waals surface area contributed by atoms with Crippen LogP contribution in [0.25, 0.3) is 0 Å². The minimum atomic E-state index is 0.127. The van der Waals surface area contributed by atoms with Crippen molar-refractivity contribution in [3.8, 4) is 11.5 Å². The van der Waals surface area contributed by atoms with Gasteiger partial charge < -0.3 is 19.7 Å². The normalized spacial score (nSPS) is 14.6. The predicted octanol–water partition coefficient (Wildman–Crippen LogP) is 13.9. The molecule has 1 atom stereocenters. The highest BCUT2D eigenvalue weighted by atomic mass is 16.5. The van der Waals surface area contributed by atoms with E-state index >= 15 is 0 Å². The minimum absolute atomic E-state index is 0.127. The molecule has 1 aliphatic rings. The zero-order valence-corrected chi connectivity index (χ0v) is 38.0. The van der Waals surface area contributed by atoms with Crippen molar-refractivity contribution in [3.05, 3.63) is 101 Å². The molecule has 56 heavy (non-hydrogen) atoms. The van der Waals surface area contributed by atoms with E-state index in [2.05, 4.69) is 104 Å². The number of hydrogen-bond donors (Lipinski definition) is 1. The van der Waals surface area contributed by atoms with Gasteiger partial charge in [-0.1, -0.05) is 112 Å². The summed E-state index contributed by atoms with van der Waals surface area (Å²) in [6.45, 7) is 33.7. The number of anilines is 2. The predicted molar refractivity (Wildman–Crippen MR) is 246 cm³/mol. The third kappa shape index (κ3) is 21.1. The zero-order valence-electron chi connectivity index (χ0n) is 38.0. The summed E-state index contributed by atoms with van der Waals surface area (Å²) in [6, 6.07) is 8.23. The number of allylic oxidation sites excluding steroid dienone is 8. The number of carbonyl (C=O) groups excluding carboxylic acids is 1. The first kappa shape index (κ1) is 51.6. The molecule has 3 rings (SSSR count). The van der Waals surface area contributed by atoms with Gasteiger partial charge in [-0.2, -0.15) is 0 Å². The van der Waals surface area contributed by atoms with E-state index in [0.717, 1.165) is 96.7 Å². The molecule has 1 aliphatic heterocycles. The van der Waals surface area contributed by atoms with E-state index in [1.165, 1.54) is 12.0 Å². The number of carbonyl (C=O) groups is 1. The van der Waals surface area contributed by atoms with Crippen molar-refractivity contribution in [2.45, 2.75) is 142 Å². The molecule has 0 fully saturated rings. The molecule has 0 saturated heterocycles. The highest BCUT2D eigenvalue weighted by Gasteiger charge is 2.24. The second-order valence-corrected chi connectivity index (χ2v) is 14.3. The smallest absolute Gasteiger partial charge is 0.172 e. The van der Waals surface area contributed by atoms with Crippen LogP contribution in [0.3, 0.4) is 0 Å². The molecule has 2 aromatic rings. The van der Waals surface area contributed by atoms with E-state index in [9.17, 15) is 4.79 Å². The lowest BCUT2D eigenvalue weighted by Crippen LogP contribution is -2.30. The third-order valence-corrected chi connectivity index (χ3v) is 8.46. The van der Waals surface area contributed by atoms with Crippen LogP contribution >= 0.6 is 0 Å². The molecule has 1 N–H and O–H groups in total. The van der Waals surface area contributed by atoms with Crippen LogP contribution < -0.4 is 19.7 Å². The summed E-state index contributed by atoms with van der Waals surface area (Å²) in [5.41, 5.74) is 5.01. The fraction of sp³-hybridized carbons (Fsp3) is 0.531. The van der Waals surface area contributed by atoms with E-state index in [1.807, 2.05) is 70.3 Å². The molecule has 1 unspecified atom stereocenters. The summed E-state index contributed by atoms with van der Waals surface area (Å²) in [6.07, 6.45) is 22.0. The Morgan fingerprint density at radius 1 is 1.00 bits per heavy atom. The van der Waals surface area contributed by atoms with Gasteiger partial charge in [0, 0.05) is 30.9 Å². The number of ether oxygens (including phenoxy) is 2. The zero-order chi connectivity index (χ0) is 42.5. The first-order valence-electron chi connectivity index (χ1n) is 21.2. The molecular weight excluding hydrogens is 693 g/mol. The number of unbranched alkanes of at least 4 members (excludes halogenated alkanes) is 1. The van der Waals surface area contributed by atoms with Crippen LogP contribution in [0.15, 0.2) is 89.3 Å². The average molecular weight is 771 g/mol. The van der Waals surface area contributed by atoms with Gasteiger partial charge in [-0.15, -0.1) is 0 Å². The number of ketones is 1. The van der Waals surface area contributed by atoms with Crippen LogP contribution in [0.4, 0.5) is 11.5 Å². The van der Waals surface area contributed by atoms with Crippen LogP contribution in [0.1, 0.15) is 145 Å². The summed E-state index contributed by atoms with van der Waals surface area (Å²) in [5, 5.41) is 3.56. The number of nitrogens with zero attached hydrogens (tertiary/aromatic N) is 3. The van der Waals surface area contributed by atoms with E-state index in [1.54, 1.807) is 13.0 Å². The van der Waals surface area contributed by atoms with Gasteiger partial charge in [0.2, 0.25) is 0 Å². The lowest BCUT2D eigenvalue weighted by atomic mass is 10.1. The van der Waals surface area contributed by atoms with Gasteiger partial charge in [0.05, 0.1) is 6.61 Å². The highest BCUT2D eigenvalue weighted by Crippen LogP contribution is 2.33. The molecule has 1 aromatic carbocycles. The summed E-state index contributed by atoms with van der Waals surface area (Å²) in [5.74, 6) is 5.52. The molecule has 0 saturated carbocycles. The molecule has 2 heterocycles. The lowest BCUT2D eigenvalue weighted by Gasteiger charge is -2.25. The Labute approximate surface area is 343 Å². The van der Waals surface area contributed by atoms with Gasteiger partial charge in [0.1, 0.15) is 17.2 Å². The Bertz CT molecular complexity index is 1600. The molecule has 1 aromatic heterocycles. The summed E-state index contributed by atoms with van der Waals surface area (Å²) in [7, 11) is 0. The van der Waals surface area contributed by atoms with E-state index in [0.29, 0.717) is 18.4 Å². The van der Waals surface area contributed by atoms with Crippen LogP contribution in [-0.2, 0) is 4.79 Å². The maximum atomic E-state index is 10.1. The average Bonchev–Trinajstić information content (AvgIpc) is 3.33. The fourth-order valence-electron chi connectivity index (χ4n) is 5.01. The maximum Gasteiger partial charge on any atom is 0.172 e. The monoisotopic (exact) mass is 771 g/mol. The van der Waals surface area contributed by atoms with Gasteiger partial charge in [0.25, 0.3) is 0 Å². The molecule has 7 nitrogen and oxygen atoms in total. The van der Waals surface area contributed by atoms with Gasteiger partial charge in [-0.25, -0.2) is 9.98 Å². The second kappa shape index (κ2) is 30.8. The van der Waals surface area contributed by atoms with Gasteiger partial charge >= 0.3 is 0 Å². The molecule has 0 radical (unpaired) electrons. The standard InChI is InChI=1S/C36H50N4O2.C6H10O.C5H12.C2H6/c1-9-13-20-37-35(34-29(8)23-33-36(39-34)40(21-14-10-2)24-27(6)25-41-33)38-30-17-19-32(28(7)22-30)42-31(12-4)18-16-26(5)15-11-3;1-3-4-5-6(2)7;1-4-5(2)3;1-2/h12-13,15-20,22-23,27H,9-11,14,21,24-25H2,1-8H3,(H,37,38);4-5H,3H2,1-2H3;5H,4H2,1-3H3;1-2H3/b18-16-,20-13+,26-15+,31-12+;5-4+;;. The van der Waals surface area contributed by atoms with Crippen LogP contribution in [0.5, 0.6) is 11.5 Å². The van der Waals surface area contributed by atoms with Crippen molar-refractivity contribution in [2.75, 3.05) is 29.9 Å². The number of aryl methyl sites for hydroxylation is 2. The molecule has 7 heteroatoms. The van der Waals surface area contributed by atoms with Crippen molar-refractivity contribution in [1.82, 2.24) is 4.98 Å². The summed E-state index contributed by atoms with van der Waals surface area (Å²) < 4.78 is 12.4. The highest BCUT2D eigenvalue weighted by molar-refractivity contribution is 6.08. The summed E-state index contributed by atoms with van der Waals surface area (Å²) in [4.78, 5) is 22.5. The number of fused-ring (bicyclic) bond motifs is 1. The van der Waals surface area contributed by atoms with Gasteiger partial charge in [-0.3, -0.25) is 4.79 Å². The van der Waals surface area contributed by atoms with Crippen molar-refractivity contribution in [2.24, 2.45) is 16.8 Å². The number of nitrogens with one attached hydrogen (secondary N) is 1.